The summed E-state index contributed by atoms with van der Waals surface area (Å²) in [6, 6.07) is 9.92. The molecule has 0 aliphatic heterocycles. The molecule has 0 unspecified atom stereocenters. The van der Waals surface area contributed by atoms with Crippen LogP contribution in [0.3, 0.4) is 0 Å². The predicted molar refractivity (Wildman–Crippen MR) is 63.8 cm³/mol. The van der Waals surface area contributed by atoms with Crippen LogP contribution in [0.4, 0.5) is 0 Å². The van der Waals surface area contributed by atoms with E-state index in [1.165, 1.54) is 5.56 Å². The number of carbonyl (C=O) groups excluding carboxylic acids is 1. The van der Waals surface area contributed by atoms with Crippen LogP contribution >= 0.6 is 0 Å². The van der Waals surface area contributed by atoms with Crippen LogP contribution in [0.2, 0.25) is 0 Å². The van der Waals surface area contributed by atoms with Gasteiger partial charge in [0.1, 0.15) is 0 Å². The number of aliphatic hydroxyl groups is 1. The lowest BCUT2D eigenvalue weighted by molar-refractivity contribution is -0.115. The molecule has 0 heterocycles. The summed E-state index contributed by atoms with van der Waals surface area (Å²) in [7, 11) is 0. The molecule has 1 aromatic carbocycles. The van der Waals surface area contributed by atoms with Crippen LogP contribution < -0.4 is 0 Å². The van der Waals surface area contributed by atoms with Gasteiger partial charge in [0.05, 0.1) is 6.10 Å². The van der Waals surface area contributed by atoms with E-state index in [1.54, 1.807) is 6.92 Å². The van der Waals surface area contributed by atoms with Crippen molar-refractivity contribution in [2.75, 3.05) is 0 Å². The molecule has 0 radical (unpaired) electrons. The van der Waals surface area contributed by atoms with Crippen LogP contribution in [0.15, 0.2) is 30.3 Å². The summed E-state index contributed by atoms with van der Waals surface area (Å²) in [4.78, 5) is 11.1. The molecule has 1 atom stereocenters. The maximum Gasteiger partial charge on any atom is 0.208 e. The fraction of sp³-hybridized carbons (Fsp3) is 0.357. The summed E-state index contributed by atoms with van der Waals surface area (Å²) in [5, 5.41) is 9.62. The Labute approximate surface area is 96.3 Å². The maximum absolute atomic E-state index is 11.1. The smallest absolute Gasteiger partial charge is 0.208 e. The molecule has 0 bridgehead atoms. The molecule has 2 nitrogen and oxygen atoms in total. The number of carbonyl (C=O) groups is 1. The van der Waals surface area contributed by atoms with E-state index in [0.29, 0.717) is 6.42 Å². The third-order valence-corrected chi connectivity index (χ3v) is 2.29. The molecule has 0 spiro atoms. The van der Waals surface area contributed by atoms with Crippen LogP contribution in [0, 0.1) is 11.8 Å². The van der Waals surface area contributed by atoms with Gasteiger partial charge in [-0.05, 0) is 31.2 Å². The van der Waals surface area contributed by atoms with E-state index in [2.05, 4.69) is 11.8 Å². The molecule has 0 aliphatic rings. The Bertz CT molecular complexity index is 384. The third kappa shape index (κ3) is 4.77. The highest BCUT2D eigenvalue weighted by Gasteiger charge is 2.08. The van der Waals surface area contributed by atoms with Crippen molar-refractivity contribution in [2.24, 2.45) is 0 Å². The molecule has 16 heavy (non-hydrogen) atoms. The first-order chi connectivity index (χ1) is 7.72. The molecule has 1 aromatic rings. The second-order valence-corrected chi connectivity index (χ2v) is 3.68. The zero-order valence-electron chi connectivity index (χ0n) is 9.44. The van der Waals surface area contributed by atoms with Gasteiger partial charge in [0, 0.05) is 6.42 Å². The highest BCUT2D eigenvalue weighted by atomic mass is 16.3. The Balaban J connectivity index is 2.32. The molecule has 1 rings (SSSR count). The molecule has 84 valence electrons. The van der Waals surface area contributed by atoms with Gasteiger partial charge in [-0.3, -0.25) is 4.79 Å². The number of aliphatic hydroxyl groups excluding tert-OH is 1. The Morgan fingerprint density at radius 2 is 2.06 bits per heavy atom. The summed E-state index contributed by atoms with van der Waals surface area (Å²) in [5.74, 6) is 4.77. The van der Waals surface area contributed by atoms with Crippen molar-refractivity contribution in [1.29, 1.82) is 0 Å². The molecule has 0 saturated heterocycles. The third-order valence-electron chi connectivity index (χ3n) is 2.29. The van der Waals surface area contributed by atoms with E-state index in [4.69, 9.17) is 0 Å². The predicted octanol–water partition coefficient (Wildman–Crippen LogP) is 1.96. The lowest BCUT2D eigenvalue weighted by Gasteiger charge is -2.07. The first-order valence-corrected chi connectivity index (χ1v) is 5.40. The summed E-state index contributed by atoms with van der Waals surface area (Å²) < 4.78 is 0. The molecule has 0 aliphatic carbocycles. The van der Waals surface area contributed by atoms with Crippen LogP contribution in [0.5, 0.6) is 0 Å². The lowest BCUT2D eigenvalue weighted by Crippen LogP contribution is -2.13. The summed E-state index contributed by atoms with van der Waals surface area (Å²) in [6.45, 7) is 1.62. The zero-order valence-corrected chi connectivity index (χ0v) is 9.44. The van der Waals surface area contributed by atoms with Crippen LogP contribution in [-0.2, 0) is 11.2 Å². The van der Waals surface area contributed by atoms with Crippen molar-refractivity contribution < 1.29 is 9.90 Å². The first-order valence-electron chi connectivity index (χ1n) is 5.40. The van der Waals surface area contributed by atoms with Gasteiger partial charge in [0.15, 0.2) is 0 Å². The average molecular weight is 216 g/mol. The second kappa shape index (κ2) is 6.81. The van der Waals surface area contributed by atoms with Crippen molar-refractivity contribution in [1.82, 2.24) is 0 Å². The highest BCUT2D eigenvalue weighted by molar-refractivity contribution is 5.95. The van der Waals surface area contributed by atoms with Gasteiger partial charge < -0.3 is 5.11 Å². The number of hydrogen-bond acceptors (Lipinski definition) is 2. The number of Topliss-reactive ketones (excluding diaryl/α,β-unsaturated/α-hetero) is 1. The van der Waals surface area contributed by atoms with Crippen molar-refractivity contribution >= 4 is 5.78 Å². The van der Waals surface area contributed by atoms with Gasteiger partial charge in [0.25, 0.3) is 0 Å². The lowest BCUT2D eigenvalue weighted by atomic mass is 10.0. The van der Waals surface area contributed by atoms with Crippen molar-refractivity contribution in [3.8, 4) is 11.8 Å². The molecule has 0 fully saturated rings. The standard InChI is InChI=1S/C14H16O2/c1-2-6-13(15)11-14(16)10-9-12-7-4-3-5-8-12/h3-5,7-8,14,16H,9-11H2,1H3/t14-/m0/s1. The van der Waals surface area contributed by atoms with E-state index in [1.807, 2.05) is 30.3 Å². The van der Waals surface area contributed by atoms with Gasteiger partial charge in [-0.15, -0.1) is 0 Å². The zero-order chi connectivity index (χ0) is 11.8. The topological polar surface area (TPSA) is 37.3 Å². The van der Waals surface area contributed by atoms with E-state index in [0.717, 1.165) is 6.42 Å². The van der Waals surface area contributed by atoms with Gasteiger partial charge >= 0.3 is 0 Å². The summed E-state index contributed by atoms with van der Waals surface area (Å²) in [6.07, 6.45) is 0.928. The molecule has 0 aromatic heterocycles. The normalized spacial score (nSPS) is 11.4. The SMILES string of the molecule is CC#CC(=O)C[C@@H](O)CCc1ccccc1. The van der Waals surface area contributed by atoms with Gasteiger partial charge in [0.2, 0.25) is 5.78 Å². The van der Waals surface area contributed by atoms with Gasteiger partial charge in [-0.2, -0.15) is 0 Å². The Morgan fingerprint density at radius 1 is 1.38 bits per heavy atom. The summed E-state index contributed by atoms with van der Waals surface area (Å²) in [5.41, 5.74) is 1.18. The van der Waals surface area contributed by atoms with Crippen LogP contribution in [0.1, 0.15) is 25.3 Å². The van der Waals surface area contributed by atoms with E-state index in [9.17, 15) is 9.90 Å². The number of rotatable bonds is 5. The Morgan fingerprint density at radius 3 is 2.69 bits per heavy atom. The van der Waals surface area contributed by atoms with Gasteiger partial charge in [-0.1, -0.05) is 36.3 Å². The van der Waals surface area contributed by atoms with Gasteiger partial charge in [-0.25, -0.2) is 0 Å². The molecule has 1 N–H and O–H groups in total. The molecular formula is C14H16O2. The van der Waals surface area contributed by atoms with Crippen molar-refractivity contribution in [3.05, 3.63) is 35.9 Å². The van der Waals surface area contributed by atoms with Crippen LogP contribution in [0.25, 0.3) is 0 Å². The maximum atomic E-state index is 11.1. The minimum atomic E-state index is -0.589. The highest BCUT2D eigenvalue weighted by Crippen LogP contribution is 2.07. The second-order valence-electron chi connectivity index (χ2n) is 3.68. The number of aryl methyl sites for hydroxylation is 1. The van der Waals surface area contributed by atoms with E-state index in [-0.39, 0.29) is 12.2 Å². The largest absolute Gasteiger partial charge is 0.393 e. The average Bonchev–Trinajstić information content (AvgIpc) is 2.28. The first kappa shape index (κ1) is 12.5. The fourth-order valence-corrected chi connectivity index (χ4v) is 1.48. The number of hydrogen-bond donors (Lipinski definition) is 1. The van der Waals surface area contributed by atoms with Crippen LogP contribution in [-0.4, -0.2) is 17.0 Å². The molecular weight excluding hydrogens is 200 g/mol. The molecule has 0 saturated carbocycles. The van der Waals surface area contributed by atoms with Crippen molar-refractivity contribution in [3.63, 3.8) is 0 Å². The van der Waals surface area contributed by atoms with Crippen molar-refractivity contribution in [2.45, 2.75) is 32.3 Å². The number of ketones is 1. The number of benzene rings is 1. The fourth-order valence-electron chi connectivity index (χ4n) is 1.48. The molecule has 2 heteroatoms. The minimum absolute atomic E-state index is 0.133. The quantitative estimate of drug-likeness (QED) is 0.603. The van der Waals surface area contributed by atoms with E-state index >= 15 is 0 Å². The van der Waals surface area contributed by atoms with E-state index < -0.39 is 6.10 Å². The monoisotopic (exact) mass is 216 g/mol. The minimum Gasteiger partial charge on any atom is -0.393 e. The Kier molecular flexibility index (Phi) is 5.31. The molecule has 0 amide bonds. The Hall–Kier alpha value is -1.59. The summed E-state index contributed by atoms with van der Waals surface area (Å²) >= 11 is 0.